The second kappa shape index (κ2) is 8.91. The van der Waals surface area contributed by atoms with E-state index >= 15 is 0 Å². The normalized spacial score (nSPS) is 12.0. The van der Waals surface area contributed by atoms with Gasteiger partial charge in [-0.3, -0.25) is 9.78 Å². The van der Waals surface area contributed by atoms with Crippen LogP contribution in [0, 0.1) is 0 Å². The molecule has 0 saturated heterocycles. The highest BCUT2D eigenvalue weighted by molar-refractivity contribution is 7.91. The van der Waals surface area contributed by atoms with Crippen LogP contribution in [0.5, 0.6) is 0 Å². The lowest BCUT2D eigenvalue weighted by atomic mass is 9.87. The third-order valence-corrected chi connectivity index (χ3v) is 7.48. The number of fused-ring (bicyclic) bond motifs is 1. The first-order valence-electron chi connectivity index (χ1n) is 10.9. The lowest BCUT2D eigenvalue weighted by Gasteiger charge is -2.26. The maximum absolute atomic E-state index is 13.7. The Bertz CT molecular complexity index is 1460. The quantitative estimate of drug-likeness (QED) is 0.392. The van der Waals surface area contributed by atoms with E-state index in [0.717, 1.165) is 16.5 Å². The maximum atomic E-state index is 13.7. The van der Waals surface area contributed by atoms with E-state index < -0.39 is 22.4 Å². The number of sulfone groups is 1. The summed E-state index contributed by atoms with van der Waals surface area (Å²) in [5, 5.41) is 10.5. The van der Waals surface area contributed by atoms with Gasteiger partial charge in [0.15, 0.2) is 0 Å². The number of carboxylic acids is 1. The number of carbonyl (C=O) groups is 1. The van der Waals surface area contributed by atoms with Gasteiger partial charge in [-0.2, -0.15) is 0 Å². The van der Waals surface area contributed by atoms with E-state index in [9.17, 15) is 18.3 Å². The van der Waals surface area contributed by atoms with Crippen molar-refractivity contribution in [3.05, 3.63) is 90.6 Å². The molecule has 0 bridgehead atoms. The van der Waals surface area contributed by atoms with Crippen LogP contribution in [0.2, 0.25) is 0 Å². The molecule has 0 radical (unpaired) electrons. The average molecular weight is 475 g/mol. The molecule has 0 amide bonds. The Labute approximate surface area is 199 Å². The fraction of sp³-hybridized carbons (Fsp3) is 0.185. The number of hydrogen-bond donors (Lipinski definition) is 1. The number of hydrogen-bond acceptors (Lipinski definition) is 5. The van der Waals surface area contributed by atoms with Gasteiger partial charge in [0.1, 0.15) is 6.54 Å². The van der Waals surface area contributed by atoms with Crippen molar-refractivity contribution in [2.45, 2.75) is 36.0 Å². The van der Waals surface area contributed by atoms with Crippen LogP contribution in [0.4, 0.5) is 11.4 Å². The van der Waals surface area contributed by atoms with Gasteiger partial charge in [-0.05, 0) is 59.5 Å². The summed E-state index contributed by atoms with van der Waals surface area (Å²) in [4.78, 5) is 17.8. The molecule has 1 aromatic heterocycles. The Morgan fingerprint density at radius 3 is 2.32 bits per heavy atom. The highest BCUT2D eigenvalue weighted by Gasteiger charge is 2.26. The van der Waals surface area contributed by atoms with Crippen molar-refractivity contribution in [2.24, 2.45) is 0 Å². The van der Waals surface area contributed by atoms with Gasteiger partial charge in [0.05, 0.1) is 21.0 Å². The number of benzene rings is 3. The molecule has 0 atom stereocenters. The zero-order valence-corrected chi connectivity index (χ0v) is 20.1. The molecule has 0 fully saturated rings. The summed E-state index contributed by atoms with van der Waals surface area (Å²) in [5.74, 6) is -1.08. The molecule has 6 nitrogen and oxygen atoms in total. The highest BCUT2D eigenvalue weighted by atomic mass is 32.2. The van der Waals surface area contributed by atoms with E-state index in [1.807, 2.05) is 24.3 Å². The van der Waals surface area contributed by atoms with E-state index in [1.165, 1.54) is 11.0 Å². The molecular formula is C27H26N2O4S. The molecule has 3 aromatic carbocycles. The third-order valence-electron chi connectivity index (χ3n) is 5.67. The lowest BCUT2D eigenvalue weighted by molar-refractivity contribution is -0.135. The molecule has 0 aliphatic carbocycles. The number of nitrogens with zero attached hydrogens (tertiary/aromatic N) is 2. The number of anilines is 2. The van der Waals surface area contributed by atoms with Gasteiger partial charge in [-0.1, -0.05) is 51.1 Å². The first kappa shape index (κ1) is 23.4. The van der Waals surface area contributed by atoms with Gasteiger partial charge in [0, 0.05) is 17.3 Å². The number of para-hydroxylation sites is 1. The monoisotopic (exact) mass is 474 g/mol. The number of aliphatic carboxylic acids is 1. The standard InChI is InChI=1S/C27H26N2O4S/c1-27(2,3)20-10-13-22(14-11-20)34(32,33)25-9-5-4-8-24(25)29(18-26(30)31)21-12-15-23-19(17-21)7-6-16-28-23/h4-17H,18H2,1-3H3,(H,30,31). The van der Waals surface area contributed by atoms with Gasteiger partial charge in [0.2, 0.25) is 9.84 Å². The molecular weight excluding hydrogens is 448 g/mol. The number of aromatic nitrogens is 1. The number of pyridine rings is 1. The second-order valence-electron chi connectivity index (χ2n) is 9.11. The van der Waals surface area contributed by atoms with Crippen LogP contribution in [-0.2, 0) is 20.0 Å². The zero-order valence-electron chi connectivity index (χ0n) is 19.3. The van der Waals surface area contributed by atoms with Gasteiger partial charge in [0.25, 0.3) is 0 Å². The van der Waals surface area contributed by atoms with Gasteiger partial charge in [-0.25, -0.2) is 8.42 Å². The Kier molecular flexibility index (Phi) is 6.15. The topological polar surface area (TPSA) is 87.6 Å². The van der Waals surface area contributed by atoms with Crippen molar-refractivity contribution < 1.29 is 18.3 Å². The van der Waals surface area contributed by atoms with Crippen LogP contribution >= 0.6 is 0 Å². The highest BCUT2D eigenvalue weighted by Crippen LogP contribution is 2.36. The molecule has 4 rings (SSSR count). The summed E-state index contributed by atoms with van der Waals surface area (Å²) < 4.78 is 27.3. The number of carboxylic acid groups (broad SMARTS) is 1. The molecule has 0 unspecified atom stereocenters. The van der Waals surface area contributed by atoms with E-state index in [1.54, 1.807) is 54.7 Å². The Morgan fingerprint density at radius 2 is 1.65 bits per heavy atom. The van der Waals surface area contributed by atoms with Crippen molar-refractivity contribution in [1.82, 2.24) is 4.98 Å². The van der Waals surface area contributed by atoms with Crippen LogP contribution in [0.15, 0.2) is 94.9 Å². The van der Waals surface area contributed by atoms with Crippen LogP contribution in [0.3, 0.4) is 0 Å². The van der Waals surface area contributed by atoms with Crippen LogP contribution in [-0.4, -0.2) is 31.0 Å². The smallest absolute Gasteiger partial charge is 0.323 e. The summed E-state index contributed by atoms with van der Waals surface area (Å²) in [5.41, 5.74) is 2.55. The largest absolute Gasteiger partial charge is 0.480 e. The first-order chi connectivity index (χ1) is 16.1. The Hall–Kier alpha value is -3.71. The molecule has 4 aromatic rings. The van der Waals surface area contributed by atoms with E-state index in [0.29, 0.717) is 11.4 Å². The molecule has 7 heteroatoms. The maximum Gasteiger partial charge on any atom is 0.323 e. The summed E-state index contributed by atoms with van der Waals surface area (Å²) >= 11 is 0. The van der Waals surface area contributed by atoms with Crippen molar-refractivity contribution in [1.29, 1.82) is 0 Å². The molecule has 174 valence electrons. The minimum Gasteiger partial charge on any atom is -0.480 e. The van der Waals surface area contributed by atoms with Crippen LogP contribution in [0.1, 0.15) is 26.3 Å². The summed E-state index contributed by atoms with van der Waals surface area (Å²) in [6, 6.07) is 22.4. The summed E-state index contributed by atoms with van der Waals surface area (Å²) in [6.45, 7) is 5.79. The lowest BCUT2D eigenvalue weighted by Crippen LogP contribution is -2.26. The molecule has 0 aliphatic heterocycles. The molecule has 1 N–H and O–H groups in total. The zero-order chi connectivity index (χ0) is 24.5. The Balaban J connectivity index is 1.84. The molecule has 34 heavy (non-hydrogen) atoms. The van der Waals surface area contributed by atoms with Crippen LogP contribution < -0.4 is 4.90 Å². The minimum absolute atomic E-state index is 0.0473. The van der Waals surface area contributed by atoms with Gasteiger partial charge in [-0.15, -0.1) is 0 Å². The van der Waals surface area contributed by atoms with Crippen LogP contribution in [0.25, 0.3) is 10.9 Å². The van der Waals surface area contributed by atoms with Crippen molar-refractivity contribution in [3.8, 4) is 0 Å². The first-order valence-corrected chi connectivity index (χ1v) is 12.3. The Morgan fingerprint density at radius 1 is 0.941 bits per heavy atom. The molecule has 0 aliphatic rings. The molecule has 0 saturated carbocycles. The molecule has 0 spiro atoms. The number of rotatable bonds is 6. The second-order valence-corrected chi connectivity index (χ2v) is 11.0. The van der Waals surface area contributed by atoms with Gasteiger partial charge >= 0.3 is 5.97 Å². The van der Waals surface area contributed by atoms with Crippen molar-refractivity contribution in [2.75, 3.05) is 11.4 Å². The fourth-order valence-corrected chi connectivity index (χ4v) is 5.31. The van der Waals surface area contributed by atoms with Crippen molar-refractivity contribution in [3.63, 3.8) is 0 Å². The van der Waals surface area contributed by atoms with Gasteiger partial charge < -0.3 is 10.0 Å². The average Bonchev–Trinajstić information content (AvgIpc) is 2.81. The predicted molar refractivity (Wildman–Crippen MR) is 133 cm³/mol. The van der Waals surface area contributed by atoms with Crippen molar-refractivity contribution >= 4 is 38.1 Å². The summed E-state index contributed by atoms with van der Waals surface area (Å²) in [7, 11) is -3.91. The summed E-state index contributed by atoms with van der Waals surface area (Å²) in [6.07, 6.45) is 1.68. The molecule has 1 heterocycles. The minimum atomic E-state index is -3.91. The van der Waals surface area contributed by atoms with E-state index in [-0.39, 0.29) is 15.2 Å². The predicted octanol–water partition coefficient (Wildman–Crippen LogP) is 5.59. The SMILES string of the molecule is CC(C)(C)c1ccc(S(=O)(=O)c2ccccc2N(CC(=O)O)c2ccc3ncccc3c2)cc1. The van der Waals surface area contributed by atoms with E-state index in [2.05, 4.69) is 25.8 Å². The third kappa shape index (κ3) is 4.65. The fourth-order valence-electron chi connectivity index (χ4n) is 3.85. The van der Waals surface area contributed by atoms with E-state index in [4.69, 9.17) is 0 Å².